The Kier molecular flexibility index (Phi) is 4.95. The van der Waals surface area contributed by atoms with Crippen LogP contribution in [0.5, 0.6) is 5.75 Å². The van der Waals surface area contributed by atoms with Crippen LogP contribution in [0.25, 0.3) is 10.2 Å². The highest BCUT2D eigenvalue weighted by molar-refractivity contribution is 7.22. The molecule has 0 bridgehead atoms. The minimum atomic E-state index is -0.274. The van der Waals surface area contributed by atoms with Gasteiger partial charge in [-0.15, -0.1) is 0 Å². The number of thiazole rings is 1. The summed E-state index contributed by atoms with van der Waals surface area (Å²) in [4.78, 5) is 29.2. The molecule has 25 heavy (non-hydrogen) atoms. The van der Waals surface area contributed by atoms with Crippen LogP contribution in [0.1, 0.15) is 6.92 Å². The zero-order valence-electron chi connectivity index (χ0n) is 13.9. The molecule has 0 saturated heterocycles. The van der Waals surface area contributed by atoms with Crippen molar-refractivity contribution in [1.29, 1.82) is 0 Å². The molecule has 2 amide bonds. The molecule has 3 aromatic rings. The van der Waals surface area contributed by atoms with Crippen LogP contribution in [0.15, 0.2) is 48.5 Å². The second-order valence-electron chi connectivity index (χ2n) is 5.40. The standard InChI is InChI=1S/C18H17N3O3S/c1-12(22)21(2)13-7-9-14(10-8-13)24-11-17(23)20-18-19-15-5-3-4-6-16(15)25-18/h3-10H,11H2,1-2H3,(H,19,20,23). The van der Waals surface area contributed by atoms with E-state index in [0.717, 1.165) is 15.9 Å². The third kappa shape index (κ3) is 4.13. The molecule has 0 radical (unpaired) electrons. The number of rotatable bonds is 5. The molecular weight excluding hydrogens is 338 g/mol. The van der Waals surface area contributed by atoms with Gasteiger partial charge in [-0.05, 0) is 36.4 Å². The number of aromatic nitrogens is 1. The Hall–Kier alpha value is -2.93. The first-order valence-corrected chi connectivity index (χ1v) is 8.47. The van der Waals surface area contributed by atoms with Crippen molar-refractivity contribution in [2.24, 2.45) is 0 Å². The third-order valence-corrected chi connectivity index (χ3v) is 4.56. The molecular formula is C18H17N3O3S. The molecule has 7 heteroatoms. The van der Waals surface area contributed by atoms with Crippen molar-refractivity contribution in [1.82, 2.24) is 4.98 Å². The van der Waals surface area contributed by atoms with Crippen molar-refractivity contribution in [3.8, 4) is 5.75 Å². The van der Waals surface area contributed by atoms with E-state index in [9.17, 15) is 9.59 Å². The van der Waals surface area contributed by atoms with Gasteiger partial charge in [0.15, 0.2) is 11.7 Å². The second kappa shape index (κ2) is 7.31. The van der Waals surface area contributed by atoms with E-state index in [-0.39, 0.29) is 18.4 Å². The summed E-state index contributed by atoms with van der Waals surface area (Å²) in [6.45, 7) is 1.38. The quantitative estimate of drug-likeness (QED) is 0.762. The summed E-state index contributed by atoms with van der Waals surface area (Å²) >= 11 is 1.42. The largest absolute Gasteiger partial charge is 0.484 e. The molecule has 0 spiro atoms. The number of para-hydroxylation sites is 1. The van der Waals surface area contributed by atoms with Crippen LogP contribution >= 0.6 is 11.3 Å². The van der Waals surface area contributed by atoms with Crippen LogP contribution in [-0.2, 0) is 9.59 Å². The van der Waals surface area contributed by atoms with Gasteiger partial charge < -0.3 is 9.64 Å². The fraction of sp³-hybridized carbons (Fsp3) is 0.167. The Morgan fingerprint density at radius 2 is 1.88 bits per heavy atom. The predicted octanol–water partition coefficient (Wildman–Crippen LogP) is 3.30. The van der Waals surface area contributed by atoms with E-state index in [1.54, 1.807) is 31.3 Å². The van der Waals surface area contributed by atoms with Crippen LogP contribution in [-0.4, -0.2) is 30.5 Å². The van der Waals surface area contributed by atoms with Gasteiger partial charge in [-0.2, -0.15) is 0 Å². The predicted molar refractivity (Wildman–Crippen MR) is 99.3 cm³/mol. The van der Waals surface area contributed by atoms with Gasteiger partial charge in [-0.3, -0.25) is 14.9 Å². The summed E-state index contributed by atoms with van der Waals surface area (Å²) in [6.07, 6.45) is 0. The Bertz CT molecular complexity index is 872. The number of fused-ring (bicyclic) bond motifs is 1. The van der Waals surface area contributed by atoms with E-state index < -0.39 is 0 Å². The molecule has 0 aliphatic carbocycles. The van der Waals surface area contributed by atoms with Crippen LogP contribution < -0.4 is 15.0 Å². The van der Waals surface area contributed by atoms with Crippen LogP contribution in [0.2, 0.25) is 0 Å². The number of amides is 2. The van der Waals surface area contributed by atoms with Crippen molar-refractivity contribution in [2.75, 3.05) is 23.9 Å². The Morgan fingerprint density at radius 3 is 2.56 bits per heavy atom. The molecule has 0 atom stereocenters. The van der Waals surface area contributed by atoms with Gasteiger partial charge in [0.25, 0.3) is 5.91 Å². The average molecular weight is 355 g/mol. The fourth-order valence-corrected chi connectivity index (χ4v) is 3.06. The van der Waals surface area contributed by atoms with E-state index in [4.69, 9.17) is 4.74 Å². The number of nitrogens with zero attached hydrogens (tertiary/aromatic N) is 2. The number of benzene rings is 2. The molecule has 0 saturated carbocycles. The smallest absolute Gasteiger partial charge is 0.264 e. The van der Waals surface area contributed by atoms with Gasteiger partial charge in [-0.25, -0.2) is 4.98 Å². The first-order valence-electron chi connectivity index (χ1n) is 7.65. The minimum Gasteiger partial charge on any atom is -0.484 e. The highest BCUT2D eigenvalue weighted by Crippen LogP contribution is 2.25. The molecule has 128 valence electrons. The first kappa shape index (κ1) is 16.9. The summed E-state index contributed by atoms with van der Waals surface area (Å²) < 4.78 is 6.49. The van der Waals surface area contributed by atoms with Crippen molar-refractivity contribution in [2.45, 2.75) is 6.92 Å². The zero-order valence-corrected chi connectivity index (χ0v) is 14.7. The van der Waals surface area contributed by atoms with Crippen LogP contribution in [0.4, 0.5) is 10.8 Å². The van der Waals surface area contributed by atoms with E-state index in [1.165, 1.54) is 23.2 Å². The number of hydrogen-bond acceptors (Lipinski definition) is 5. The number of carbonyl (C=O) groups is 2. The summed E-state index contributed by atoms with van der Waals surface area (Å²) in [5.41, 5.74) is 1.62. The number of carbonyl (C=O) groups excluding carboxylic acids is 2. The third-order valence-electron chi connectivity index (χ3n) is 3.61. The van der Waals surface area contributed by atoms with E-state index >= 15 is 0 Å². The number of hydrogen-bond donors (Lipinski definition) is 1. The molecule has 0 aliphatic heterocycles. The Morgan fingerprint density at radius 1 is 1.16 bits per heavy atom. The Balaban J connectivity index is 1.56. The molecule has 6 nitrogen and oxygen atoms in total. The molecule has 3 rings (SSSR count). The normalized spacial score (nSPS) is 10.5. The number of nitrogens with one attached hydrogen (secondary N) is 1. The highest BCUT2D eigenvalue weighted by Gasteiger charge is 2.09. The molecule has 0 aliphatic rings. The summed E-state index contributed by atoms with van der Waals surface area (Å²) in [6, 6.07) is 14.7. The van der Waals surface area contributed by atoms with E-state index in [1.807, 2.05) is 24.3 Å². The second-order valence-corrected chi connectivity index (χ2v) is 6.43. The maximum absolute atomic E-state index is 12.0. The lowest BCUT2D eigenvalue weighted by molar-refractivity contribution is -0.118. The SMILES string of the molecule is CC(=O)N(C)c1ccc(OCC(=O)Nc2nc3ccccc3s2)cc1. The molecule has 1 aromatic heterocycles. The van der Waals surface area contributed by atoms with Gasteiger partial charge in [0.2, 0.25) is 5.91 Å². The van der Waals surface area contributed by atoms with E-state index in [0.29, 0.717) is 10.9 Å². The molecule has 1 N–H and O–H groups in total. The van der Waals surface area contributed by atoms with Crippen molar-refractivity contribution < 1.29 is 14.3 Å². The van der Waals surface area contributed by atoms with Gasteiger partial charge in [-0.1, -0.05) is 23.5 Å². The maximum atomic E-state index is 12.0. The topological polar surface area (TPSA) is 71.5 Å². The minimum absolute atomic E-state index is 0.0520. The zero-order chi connectivity index (χ0) is 17.8. The summed E-state index contributed by atoms with van der Waals surface area (Å²) in [7, 11) is 1.70. The van der Waals surface area contributed by atoms with Crippen LogP contribution in [0.3, 0.4) is 0 Å². The molecule has 0 unspecified atom stereocenters. The van der Waals surface area contributed by atoms with Gasteiger partial charge >= 0.3 is 0 Å². The lowest BCUT2D eigenvalue weighted by Gasteiger charge is -2.15. The van der Waals surface area contributed by atoms with Gasteiger partial charge in [0.1, 0.15) is 5.75 Å². The lowest BCUT2D eigenvalue weighted by atomic mass is 10.3. The van der Waals surface area contributed by atoms with Crippen molar-refractivity contribution >= 4 is 44.2 Å². The average Bonchev–Trinajstić information content (AvgIpc) is 3.01. The van der Waals surface area contributed by atoms with Crippen molar-refractivity contribution in [3.63, 3.8) is 0 Å². The monoisotopic (exact) mass is 355 g/mol. The molecule has 1 heterocycles. The number of anilines is 2. The summed E-state index contributed by atoms with van der Waals surface area (Å²) in [5, 5.41) is 3.29. The highest BCUT2D eigenvalue weighted by atomic mass is 32.1. The first-order chi connectivity index (χ1) is 12.0. The summed E-state index contributed by atoms with van der Waals surface area (Å²) in [5.74, 6) is 0.230. The molecule has 2 aromatic carbocycles. The van der Waals surface area contributed by atoms with Crippen LogP contribution in [0, 0.1) is 0 Å². The molecule has 0 fully saturated rings. The van der Waals surface area contributed by atoms with E-state index in [2.05, 4.69) is 10.3 Å². The fourth-order valence-electron chi connectivity index (χ4n) is 2.18. The lowest BCUT2D eigenvalue weighted by Crippen LogP contribution is -2.22. The maximum Gasteiger partial charge on any atom is 0.264 e. The van der Waals surface area contributed by atoms with Crippen molar-refractivity contribution in [3.05, 3.63) is 48.5 Å². The van der Waals surface area contributed by atoms with Gasteiger partial charge in [0, 0.05) is 19.7 Å². The Labute approximate surface area is 149 Å². The number of ether oxygens (including phenoxy) is 1. The van der Waals surface area contributed by atoms with Gasteiger partial charge in [0.05, 0.1) is 10.2 Å².